The third kappa shape index (κ3) is 1.93. The van der Waals surface area contributed by atoms with Crippen molar-refractivity contribution in [1.82, 2.24) is 4.90 Å². The first-order valence-corrected chi connectivity index (χ1v) is 3.98. The number of carbonyl (C=O) groups excluding carboxylic acids is 1. The molecule has 0 spiro atoms. The molecule has 11 heavy (non-hydrogen) atoms. The van der Waals surface area contributed by atoms with Crippen LogP contribution in [0.15, 0.2) is 0 Å². The molecule has 0 saturated carbocycles. The topological polar surface area (TPSA) is 29.5 Å². The molecule has 64 valence electrons. The van der Waals surface area contributed by atoms with Crippen molar-refractivity contribution in [3.8, 4) is 0 Å². The summed E-state index contributed by atoms with van der Waals surface area (Å²) in [7, 11) is 1.79. The smallest absolute Gasteiger partial charge is 0.253 e. The van der Waals surface area contributed by atoms with Gasteiger partial charge in [-0.2, -0.15) is 0 Å². The van der Waals surface area contributed by atoms with Gasteiger partial charge in [0.1, 0.15) is 0 Å². The van der Waals surface area contributed by atoms with Crippen LogP contribution in [-0.4, -0.2) is 37.1 Å². The van der Waals surface area contributed by atoms with E-state index < -0.39 is 0 Å². The summed E-state index contributed by atoms with van der Waals surface area (Å²) in [6.07, 6.45) is -0.151. The van der Waals surface area contributed by atoms with E-state index in [4.69, 9.17) is 4.74 Å². The highest BCUT2D eigenvalue weighted by molar-refractivity contribution is 5.86. The van der Waals surface area contributed by atoms with Gasteiger partial charge in [0.15, 0.2) is 6.10 Å². The van der Waals surface area contributed by atoms with Crippen LogP contribution in [0.1, 0.15) is 13.8 Å². The van der Waals surface area contributed by atoms with Gasteiger partial charge in [0.05, 0.1) is 13.2 Å². The molecule has 1 aliphatic heterocycles. The zero-order valence-corrected chi connectivity index (χ0v) is 7.33. The average Bonchev–Trinajstić information content (AvgIpc) is 1.96. The van der Waals surface area contributed by atoms with Gasteiger partial charge >= 0.3 is 0 Å². The summed E-state index contributed by atoms with van der Waals surface area (Å²) in [6, 6.07) is 0. The van der Waals surface area contributed by atoms with Crippen molar-refractivity contribution >= 4 is 5.91 Å². The van der Waals surface area contributed by atoms with Crippen molar-refractivity contribution in [2.75, 3.05) is 20.2 Å². The number of nitrogens with zero attached hydrogens (tertiary/aromatic N) is 1. The second-order valence-corrected chi connectivity index (χ2v) is 3.43. The van der Waals surface area contributed by atoms with Crippen LogP contribution in [0, 0.1) is 5.92 Å². The second-order valence-electron chi connectivity index (χ2n) is 3.43. The van der Waals surface area contributed by atoms with E-state index >= 15 is 0 Å². The number of likely N-dealkylation sites (N-methyl/N-ethyl adjacent to an activating group) is 1. The van der Waals surface area contributed by atoms with Crippen molar-refractivity contribution in [3.05, 3.63) is 0 Å². The largest absolute Gasteiger partial charge is 0.366 e. The first kappa shape index (κ1) is 8.53. The van der Waals surface area contributed by atoms with Crippen LogP contribution < -0.4 is 0 Å². The monoisotopic (exact) mass is 157 g/mol. The van der Waals surface area contributed by atoms with Gasteiger partial charge < -0.3 is 9.64 Å². The Bertz CT molecular complexity index is 156. The maximum atomic E-state index is 11.0. The Morgan fingerprint density at radius 1 is 1.73 bits per heavy atom. The fourth-order valence-electron chi connectivity index (χ4n) is 0.983. The zero-order chi connectivity index (χ0) is 8.43. The number of hydrogen-bond acceptors (Lipinski definition) is 2. The number of rotatable bonds is 3. The second kappa shape index (κ2) is 3.22. The van der Waals surface area contributed by atoms with Crippen molar-refractivity contribution in [1.29, 1.82) is 0 Å². The van der Waals surface area contributed by atoms with Gasteiger partial charge in [0, 0.05) is 7.05 Å². The van der Waals surface area contributed by atoms with E-state index in [1.165, 1.54) is 0 Å². The van der Waals surface area contributed by atoms with Gasteiger partial charge in [-0.15, -0.1) is 0 Å². The average molecular weight is 157 g/mol. The van der Waals surface area contributed by atoms with Crippen LogP contribution in [0.25, 0.3) is 0 Å². The van der Waals surface area contributed by atoms with Gasteiger partial charge in [-0.05, 0) is 5.92 Å². The number of likely N-dealkylation sites (tertiary alicyclic amines) is 1. The van der Waals surface area contributed by atoms with Crippen LogP contribution in [0.5, 0.6) is 0 Å². The van der Waals surface area contributed by atoms with Crippen molar-refractivity contribution in [2.45, 2.75) is 20.0 Å². The summed E-state index contributed by atoms with van der Waals surface area (Å²) < 4.78 is 5.33. The fourth-order valence-corrected chi connectivity index (χ4v) is 0.983. The highest BCUT2D eigenvalue weighted by atomic mass is 16.5. The minimum Gasteiger partial charge on any atom is -0.366 e. The Labute approximate surface area is 67.3 Å². The van der Waals surface area contributed by atoms with Gasteiger partial charge in [-0.1, -0.05) is 13.8 Å². The molecular weight excluding hydrogens is 142 g/mol. The Balaban J connectivity index is 2.15. The summed E-state index contributed by atoms with van der Waals surface area (Å²) in [5.41, 5.74) is 0. The lowest BCUT2D eigenvalue weighted by molar-refractivity contribution is -0.160. The van der Waals surface area contributed by atoms with Crippen LogP contribution in [0.2, 0.25) is 0 Å². The molecule has 1 fully saturated rings. The molecule has 1 heterocycles. The van der Waals surface area contributed by atoms with E-state index in [-0.39, 0.29) is 12.0 Å². The predicted octanol–water partition coefficient (Wildman–Crippen LogP) is 0.500. The number of β-lactam (4-membered cyclic amide) rings is 1. The normalized spacial score (nSPS) is 24.2. The van der Waals surface area contributed by atoms with Gasteiger partial charge in [-0.25, -0.2) is 0 Å². The molecule has 0 aromatic rings. The summed E-state index contributed by atoms with van der Waals surface area (Å²) in [6.45, 7) is 5.59. The molecular formula is C8H15NO2. The lowest BCUT2D eigenvalue weighted by Gasteiger charge is -2.35. The maximum Gasteiger partial charge on any atom is 0.253 e. The fraction of sp³-hybridized carbons (Fsp3) is 0.875. The molecule has 1 aliphatic rings. The van der Waals surface area contributed by atoms with Gasteiger partial charge in [0.25, 0.3) is 5.91 Å². The molecule has 0 aromatic carbocycles. The van der Waals surface area contributed by atoms with E-state index in [0.717, 1.165) is 6.54 Å². The van der Waals surface area contributed by atoms with Crippen molar-refractivity contribution < 1.29 is 9.53 Å². The minimum atomic E-state index is -0.151. The molecule has 3 heteroatoms. The third-order valence-corrected chi connectivity index (χ3v) is 1.72. The highest BCUT2D eigenvalue weighted by Gasteiger charge is 2.34. The zero-order valence-electron chi connectivity index (χ0n) is 7.33. The summed E-state index contributed by atoms with van der Waals surface area (Å²) in [5, 5.41) is 0. The van der Waals surface area contributed by atoms with Gasteiger partial charge in [-0.3, -0.25) is 4.79 Å². The maximum absolute atomic E-state index is 11.0. The molecule has 1 rings (SSSR count). The minimum absolute atomic E-state index is 0.116. The summed E-state index contributed by atoms with van der Waals surface area (Å²) in [4.78, 5) is 12.6. The van der Waals surface area contributed by atoms with Gasteiger partial charge in [0.2, 0.25) is 0 Å². The van der Waals surface area contributed by atoms with Crippen LogP contribution >= 0.6 is 0 Å². The SMILES string of the molecule is CC(C)COC1CN(C)C1=O. The number of hydrogen-bond donors (Lipinski definition) is 0. The summed E-state index contributed by atoms with van der Waals surface area (Å²) in [5.74, 6) is 0.624. The number of ether oxygens (including phenoxy) is 1. The Kier molecular flexibility index (Phi) is 2.49. The quantitative estimate of drug-likeness (QED) is 0.558. The molecule has 1 amide bonds. The summed E-state index contributed by atoms with van der Waals surface area (Å²) >= 11 is 0. The predicted molar refractivity (Wildman–Crippen MR) is 42.2 cm³/mol. The lowest BCUT2D eigenvalue weighted by Crippen LogP contribution is -2.55. The van der Waals surface area contributed by atoms with Crippen LogP contribution in [0.4, 0.5) is 0 Å². The molecule has 3 nitrogen and oxygen atoms in total. The molecule has 0 aromatic heterocycles. The number of amides is 1. The highest BCUT2D eigenvalue weighted by Crippen LogP contribution is 2.11. The van der Waals surface area contributed by atoms with E-state index in [0.29, 0.717) is 12.5 Å². The Morgan fingerprint density at radius 3 is 2.73 bits per heavy atom. The molecule has 0 aliphatic carbocycles. The van der Waals surface area contributed by atoms with Crippen molar-refractivity contribution in [2.24, 2.45) is 5.92 Å². The first-order valence-electron chi connectivity index (χ1n) is 3.98. The first-order chi connectivity index (χ1) is 5.11. The lowest BCUT2D eigenvalue weighted by atomic mass is 10.1. The standard InChI is InChI=1S/C8H15NO2/c1-6(2)5-11-7-4-9(3)8(7)10/h6-7H,4-5H2,1-3H3. The van der Waals surface area contributed by atoms with Crippen LogP contribution in [-0.2, 0) is 9.53 Å². The molecule has 1 unspecified atom stereocenters. The molecule has 1 atom stereocenters. The molecule has 0 radical (unpaired) electrons. The third-order valence-electron chi connectivity index (χ3n) is 1.72. The molecule has 0 bridgehead atoms. The van der Waals surface area contributed by atoms with E-state index in [9.17, 15) is 4.79 Å². The Morgan fingerprint density at radius 2 is 2.36 bits per heavy atom. The Hall–Kier alpha value is -0.570. The van der Waals surface area contributed by atoms with E-state index in [1.807, 2.05) is 0 Å². The molecule has 1 saturated heterocycles. The van der Waals surface area contributed by atoms with E-state index in [2.05, 4.69) is 13.8 Å². The van der Waals surface area contributed by atoms with E-state index in [1.54, 1.807) is 11.9 Å². The van der Waals surface area contributed by atoms with Crippen molar-refractivity contribution in [3.63, 3.8) is 0 Å². The molecule has 0 N–H and O–H groups in total. The number of carbonyl (C=O) groups is 1. The van der Waals surface area contributed by atoms with Crippen LogP contribution in [0.3, 0.4) is 0 Å².